The van der Waals surface area contributed by atoms with Crippen molar-refractivity contribution in [3.8, 4) is 0 Å². The van der Waals surface area contributed by atoms with Crippen molar-refractivity contribution in [1.82, 2.24) is 10.3 Å². The van der Waals surface area contributed by atoms with E-state index >= 15 is 0 Å². The fourth-order valence-corrected chi connectivity index (χ4v) is 1.98. The number of aromatic nitrogens is 1. The Bertz CT molecular complexity index is 566. The Balaban J connectivity index is 2.13. The molecule has 1 aromatic heterocycles. The number of carbonyl (C=O) groups is 1. The number of nitrogens with two attached hydrogens (primary N) is 1. The molecule has 2 rings (SSSR count). The quantitative estimate of drug-likeness (QED) is 0.847. The van der Waals surface area contributed by atoms with Crippen molar-refractivity contribution in [2.24, 2.45) is 0 Å². The Morgan fingerprint density at radius 2 is 2.21 bits per heavy atom. The molecule has 19 heavy (non-hydrogen) atoms. The number of nitrogen functional groups attached to an aromatic ring is 1. The number of pyridine rings is 1. The van der Waals surface area contributed by atoms with Crippen molar-refractivity contribution in [2.45, 2.75) is 13.0 Å². The first-order valence-electron chi connectivity index (χ1n) is 5.83. The van der Waals surface area contributed by atoms with E-state index in [0.717, 1.165) is 5.56 Å². The summed E-state index contributed by atoms with van der Waals surface area (Å²) < 4.78 is 0. The summed E-state index contributed by atoms with van der Waals surface area (Å²) in [5.41, 5.74) is 7.51. The Labute approximate surface area is 116 Å². The van der Waals surface area contributed by atoms with Gasteiger partial charge in [0, 0.05) is 28.7 Å². The Kier molecular flexibility index (Phi) is 4.02. The van der Waals surface area contributed by atoms with Gasteiger partial charge < -0.3 is 11.1 Å². The Morgan fingerprint density at radius 3 is 2.84 bits per heavy atom. The lowest BCUT2D eigenvalue weighted by Gasteiger charge is -2.14. The third kappa shape index (κ3) is 3.45. The summed E-state index contributed by atoms with van der Waals surface area (Å²) >= 11 is 5.88. The van der Waals surface area contributed by atoms with E-state index in [0.29, 0.717) is 16.3 Å². The summed E-state index contributed by atoms with van der Waals surface area (Å²) in [4.78, 5) is 16.1. The van der Waals surface area contributed by atoms with Crippen molar-refractivity contribution in [3.63, 3.8) is 0 Å². The van der Waals surface area contributed by atoms with Crippen LogP contribution in [0.1, 0.15) is 28.9 Å². The summed E-state index contributed by atoms with van der Waals surface area (Å²) in [7, 11) is 0. The molecule has 0 spiro atoms. The van der Waals surface area contributed by atoms with Gasteiger partial charge in [-0.1, -0.05) is 17.7 Å². The number of benzene rings is 1. The lowest BCUT2D eigenvalue weighted by molar-refractivity contribution is 0.0940. The van der Waals surface area contributed by atoms with Gasteiger partial charge in [-0.15, -0.1) is 0 Å². The number of hydrogen-bond acceptors (Lipinski definition) is 3. The van der Waals surface area contributed by atoms with Crippen molar-refractivity contribution in [3.05, 3.63) is 58.9 Å². The van der Waals surface area contributed by atoms with Crippen LogP contribution in [0.2, 0.25) is 5.02 Å². The maximum absolute atomic E-state index is 12.1. The molecule has 0 bridgehead atoms. The van der Waals surface area contributed by atoms with Gasteiger partial charge in [0.25, 0.3) is 5.91 Å². The molecular formula is C14H14ClN3O. The van der Waals surface area contributed by atoms with Crippen LogP contribution in [0.5, 0.6) is 0 Å². The van der Waals surface area contributed by atoms with Gasteiger partial charge in [-0.3, -0.25) is 9.78 Å². The van der Waals surface area contributed by atoms with Gasteiger partial charge in [0.05, 0.1) is 6.04 Å². The van der Waals surface area contributed by atoms with Crippen molar-refractivity contribution in [1.29, 1.82) is 0 Å². The highest BCUT2D eigenvalue weighted by atomic mass is 35.5. The highest BCUT2D eigenvalue weighted by molar-refractivity contribution is 6.31. The van der Waals surface area contributed by atoms with Gasteiger partial charge in [-0.05, 0) is 36.8 Å². The molecule has 1 heterocycles. The topological polar surface area (TPSA) is 68.0 Å². The summed E-state index contributed by atoms with van der Waals surface area (Å²) in [6.45, 7) is 1.89. The van der Waals surface area contributed by atoms with Crippen LogP contribution in [0.15, 0.2) is 42.7 Å². The SMILES string of the molecule is C[C@@H](NC(=O)c1cc(N)cc(Cl)c1)c1cccnc1. The summed E-state index contributed by atoms with van der Waals surface area (Å²) in [5, 5.41) is 3.32. The third-order valence-corrected chi connectivity index (χ3v) is 2.93. The number of amides is 1. The molecule has 0 unspecified atom stereocenters. The third-order valence-electron chi connectivity index (χ3n) is 2.71. The number of carbonyl (C=O) groups excluding carboxylic acids is 1. The fraction of sp³-hybridized carbons (Fsp3) is 0.143. The molecule has 0 saturated carbocycles. The first-order valence-corrected chi connectivity index (χ1v) is 6.21. The molecule has 2 aromatic rings. The Hall–Kier alpha value is -2.07. The van der Waals surface area contributed by atoms with Crippen molar-refractivity contribution >= 4 is 23.2 Å². The van der Waals surface area contributed by atoms with Crippen LogP contribution in [-0.4, -0.2) is 10.9 Å². The molecule has 0 saturated heterocycles. The number of nitrogens with zero attached hydrogens (tertiary/aromatic N) is 1. The highest BCUT2D eigenvalue weighted by Gasteiger charge is 2.12. The van der Waals surface area contributed by atoms with E-state index in [1.165, 1.54) is 0 Å². The zero-order valence-corrected chi connectivity index (χ0v) is 11.2. The van der Waals surface area contributed by atoms with E-state index in [-0.39, 0.29) is 11.9 Å². The molecule has 0 aliphatic heterocycles. The van der Waals surface area contributed by atoms with E-state index in [4.69, 9.17) is 17.3 Å². The standard InChI is InChI=1S/C14H14ClN3O/c1-9(10-3-2-4-17-8-10)18-14(19)11-5-12(15)7-13(16)6-11/h2-9H,16H2,1H3,(H,18,19)/t9-/m1/s1. The maximum atomic E-state index is 12.1. The van der Waals surface area contributed by atoms with Gasteiger partial charge in [0.15, 0.2) is 0 Å². The van der Waals surface area contributed by atoms with Crippen LogP contribution in [0.4, 0.5) is 5.69 Å². The van der Waals surface area contributed by atoms with E-state index in [1.807, 2.05) is 19.1 Å². The minimum absolute atomic E-state index is 0.138. The zero-order chi connectivity index (χ0) is 13.8. The van der Waals surface area contributed by atoms with E-state index in [9.17, 15) is 4.79 Å². The average Bonchev–Trinajstić information content (AvgIpc) is 2.38. The second-order valence-electron chi connectivity index (χ2n) is 4.25. The van der Waals surface area contributed by atoms with Crippen LogP contribution in [0.3, 0.4) is 0 Å². The van der Waals surface area contributed by atoms with Gasteiger partial charge >= 0.3 is 0 Å². The predicted molar refractivity (Wildman–Crippen MR) is 76.0 cm³/mol. The van der Waals surface area contributed by atoms with Gasteiger partial charge in [0.2, 0.25) is 0 Å². The zero-order valence-electron chi connectivity index (χ0n) is 10.4. The van der Waals surface area contributed by atoms with E-state index in [2.05, 4.69) is 10.3 Å². The summed E-state index contributed by atoms with van der Waals surface area (Å²) in [5.74, 6) is -0.217. The second-order valence-corrected chi connectivity index (χ2v) is 4.69. The van der Waals surface area contributed by atoms with E-state index < -0.39 is 0 Å². The second kappa shape index (κ2) is 5.71. The molecule has 4 nitrogen and oxygen atoms in total. The average molecular weight is 276 g/mol. The van der Waals surface area contributed by atoms with E-state index in [1.54, 1.807) is 30.6 Å². The monoisotopic (exact) mass is 275 g/mol. The summed E-state index contributed by atoms with van der Waals surface area (Å²) in [6, 6.07) is 8.38. The lowest BCUT2D eigenvalue weighted by Crippen LogP contribution is -2.26. The molecule has 0 aliphatic carbocycles. The molecule has 0 fully saturated rings. The largest absolute Gasteiger partial charge is 0.399 e. The molecule has 5 heteroatoms. The number of rotatable bonds is 3. The molecule has 0 aliphatic rings. The molecule has 0 radical (unpaired) electrons. The van der Waals surface area contributed by atoms with Crippen LogP contribution in [-0.2, 0) is 0 Å². The van der Waals surface area contributed by atoms with Crippen LogP contribution in [0.25, 0.3) is 0 Å². The Morgan fingerprint density at radius 1 is 1.42 bits per heavy atom. The minimum atomic E-state index is -0.217. The van der Waals surface area contributed by atoms with Crippen LogP contribution in [0, 0.1) is 0 Å². The summed E-state index contributed by atoms with van der Waals surface area (Å²) in [6.07, 6.45) is 3.41. The molecule has 1 atom stereocenters. The number of hydrogen-bond donors (Lipinski definition) is 2. The molecule has 1 amide bonds. The molecular weight excluding hydrogens is 262 g/mol. The maximum Gasteiger partial charge on any atom is 0.251 e. The van der Waals surface area contributed by atoms with Crippen molar-refractivity contribution < 1.29 is 4.79 Å². The fourth-order valence-electron chi connectivity index (χ4n) is 1.74. The number of halogens is 1. The minimum Gasteiger partial charge on any atom is -0.399 e. The highest BCUT2D eigenvalue weighted by Crippen LogP contribution is 2.18. The van der Waals surface area contributed by atoms with Gasteiger partial charge in [-0.2, -0.15) is 0 Å². The smallest absolute Gasteiger partial charge is 0.251 e. The number of anilines is 1. The normalized spacial score (nSPS) is 11.9. The molecule has 1 aromatic carbocycles. The van der Waals surface area contributed by atoms with Crippen LogP contribution < -0.4 is 11.1 Å². The van der Waals surface area contributed by atoms with Gasteiger partial charge in [-0.25, -0.2) is 0 Å². The molecule has 98 valence electrons. The molecule has 3 N–H and O–H groups in total. The first-order chi connectivity index (χ1) is 9.06. The van der Waals surface area contributed by atoms with Crippen molar-refractivity contribution in [2.75, 3.05) is 5.73 Å². The predicted octanol–water partition coefficient (Wildman–Crippen LogP) is 2.81. The lowest BCUT2D eigenvalue weighted by atomic mass is 10.1. The first kappa shape index (κ1) is 13.4. The number of nitrogens with one attached hydrogen (secondary N) is 1. The van der Waals surface area contributed by atoms with Gasteiger partial charge in [0.1, 0.15) is 0 Å². The van der Waals surface area contributed by atoms with Crippen LogP contribution >= 0.6 is 11.6 Å².